The molecule has 1 aromatic carbocycles. The third-order valence-electron chi connectivity index (χ3n) is 4.43. The molecule has 0 aliphatic carbocycles. The summed E-state index contributed by atoms with van der Waals surface area (Å²) in [5.41, 5.74) is 3.25. The van der Waals surface area contributed by atoms with Gasteiger partial charge in [0.1, 0.15) is 18.6 Å². The largest absolute Gasteiger partial charge is 0.373 e. The van der Waals surface area contributed by atoms with Crippen LogP contribution in [0, 0.1) is 6.92 Å². The minimum Gasteiger partial charge on any atom is -0.373 e. The second-order valence-electron chi connectivity index (χ2n) is 6.43. The Balaban J connectivity index is 2.20. The van der Waals surface area contributed by atoms with Crippen LogP contribution in [0.3, 0.4) is 0 Å². The number of pyridine rings is 1. The van der Waals surface area contributed by atoms with E-state index in [0.717, 1.165) is 40.9 Å². The minimum absolute atomic E-state index is 0.218. The molecular formula is C20H23N2O3+. The van der Waals surface area contributed by atoms with Crippen molar-refractivity contribution < 1.29 is 19.3 Å². The van der Waals surface area contributed by atoms with Gasteiger partial charge in [0.05, 0.1) is 24.4 Å². The van der Waals surface area contributed by atoms with Gasteiger partial charge >= 0.3 is 0 Å². The quantitative estimate of drug-likeness (QED) is 0.487. The van der Waals surface area contributed by atoms with Crippen molar-refractivity contribution in [3.8, 4) is 0 Å². The molecule has 1 aliphatic heterocycles. The molecule has 1 fully saturated rings. The molecule has 2 aromatic rings. The van der Waals surface area contributed by atoms with Crippen LogP contribution in [0.15, 0.2) is 29.8 Å². The molecule has 0 unspecified atom stereocenters. The zero-order valence-corrected chi connectivity index (χ0v) is 14.9. The molecule has 25 heavy (non-hydrogen) atoms. The number of carbonyl (C=O) groups is 2. The van der Waals surface area contributed by atoms with Gasteiger partial charge in [0, 0.05) is 5.39 Å². The number of H-pyrrole nitrogens is 1. The number of aromatic amines is 1. The third-order valence-corrected chi connectivity index (χ3v) is 4.43. The number of allylic oxidation sites excluding steroid dienone is 1. The van der Waals surface area contributed by atoms with Crippen LogP contribution in [0.4, 0.5) is 5.82 Å². The van der Waals surface area contributed by atoms with Crippen LogP contribution in [-0.4, -0.2) is 37.9 Å². The highest BCUT2D eigenvalue weighted by molar-refractivity contribution is 6.22. The average Bonchev–Trinajstić information content (AvgIpc) is 2.59. The van der Waals surface area contributed by atoms with Crippen molar-refractivity contribution in [1.29, 1.82) is 0 Å². The number of carbonyl (C=O) groups excluding carboxylic acids is 2. The van der Waals surface area contributed by atoms with Gasteiger partial charge in [-0.25, -0.2) is 4.98 Å². The standard InChI is InChI=1S/C20H22N2O3/c1-13-4-5-19-16(10-13)11-17(12-18(14(2)23)15(3)24)20(21-19)22-6-8-25-9-7-22/h4-5,10-12H,6-9H2,1-3H3/p+1. The van der Waals surface area contributed by atoms with Crippen LogP contribution in [0.1, 0.15) is 25.0 Å². The first kappa shape index (κ1) is 17.3. The number of morpholine rings is 1. The lowest BCUT2D eigenvalue weighted by molar-refractivity contribution is -0.331. The number of aryl methyl sites for hydroxylation is 1. The number of nitrogens with one attached hydrogen (secondary N) is 1. The highest BCUT2D eigenvalue weighted by Crippen LogP contribution is 2.24. The highest BCUT2D eigenvalue weighted by Gasteiger charge is 2.24. The Morgan fingerprint density at radius 2 is 1.80 bits per heavy atom. The average molecular weight is 339 g/mol. The number of aromatic nitrogens is 1. The van der Waals surface area contributed by atoms with E-state index in [1.165, 1.54) is 13.8 Å². The maximum absolute atomic E-state index is 11.9. The van der Waals surface area contributed by atoms with Crippen molar-refractivity contribution in [3.63, 3.8) is 0 Å². The number of hydrogen-bond donors (Lipinski definition) is 0. The molecule has 130 valence electrons. The number of hydrogen-bond acceptors (Lipinski definition) is 4. The molecule has 3 rings (SSSR count). The SMILES string of the molecule is CC(=O)C(=Cc1cc2cc(C)ccc2[nH+]c1N1CCOCC1)C(C)=O. The van der Waals surface area contributed by atoms with Gasteiger partial charge in [-0.1, -0.05) is 11.6 Å². The summed E-state index contributed by atoms with van der Waals surface area (Å²) >= 11 is 0. The molecule has 5 heteroatoms. The molecule has 0 radical (unpaired) electrons. The lowest BCUT2D eigenvalue weighted by atomic mass is 10.0. The molecule has 5 nitrogen and oxygen atoms in total. The van der Waals surface area contributed by atoms with Crippen molar-refractivity contribution in [2.45, 2.75) is 20.8 Å². The lowest BCUT2D eigenvalue weighted by Gasteiger charge is -2.23. The van der Waals surface area contributed by atoms with Crippen molar-refractivity contribution >= 4 is 34.4 Å². The number of rotatable bonds is 4. The van der Waals surface area contributed by atoms with Crippen LogP contribution in [0.2, 0.25) is 0 Å². The second-order valence-corrected chi connectivity index (χ2v) is 6.43. The molecule has 1 saturated heterocycles. The third kappa shape index (κ3) is 3.77. The molecule has 1 aliphatic rings. The number of Topliss-reactive ketones (excluding diaryl/α,β-unsaturated/α-hetero) is 2. The molecule has 1 N–H and O–H groups in total. The number of benzene rings is 1. The van der Waals surface area contributed by atoms with E-state index in [1.54, 1.807) is 6.08 Å². The fourth-order valence-electron chi connectivity index (χ4n) is 3.12. The number of nitrogens with zero attached hydrogens (tertiary/aromatic N) is 1. The second kappa shape index (κ2) is 7.15. The Hall–Kier alpha value is -2.53. The fraction of sp³-hybridized carbons (Fsp3) is 0.350. The highest BCUT2D eigenvalue weighted by atomic mass is 16.5. The predicted octanol–water partition coefficient (Wildman–Crippen LogP) is 2.36. The molecule has 2 heterocycles. The minimum atomic E-state index is -0.218. The Morgan fingerprint density at radius 3 is 2.44 bits per heavy atom. The van der Waals surface area contributed by atoms with Gasteiger partial charge in [0.25, 0.3) is 5.82 Å². The maximum Gasteiger partial charge on any atom is 0.282 e. The summed E-state index contributed by atoms with van der Waals surface area (Å²) in [6, 6.07) is 8.25. The molecule has 0 atom stereocenters. The summed E-state index contributed by atoms with van der Waals surface area (Å²) in [6.45, 7) is 7.76. The molecule has 0 amide bonds. The summed E-state index contributed by atoms with van der Waals surface area (Å²) in [4.78, 5) is 29.4. The fourth-order valence-corrected chi connectivity index (χ4v) is 3.12. The zero-order chi connectivity index (χ0) is 18.0. The maximum atomic E-state index is 11.9. The van der Waals surface area contributed by atoms with Crippen molar-refractivity contribution in [3.05, 3.63) is 41.0 Å². The summed E-state index contributed by atoms with van der Waals surface area (Å²) in [5.74, 6) is 0.481. The zero-order valence-electron chi connectivity index (χ0n) is 14.9. The first-order chi connectivity index (χ1) is 12.0. The van der Waals surface area contributed by atoms with E-state index < -0.39 is 0 Å². The van der Waals surface area contributed by atoms with Crippen molar-refractivity contribution in [2.75, 3.05) is 31.2 Å². The van der Waals surface area contributed by atoms with E-state index in [-0.39, 0.29) is 17.1 Å². The van der Waals surface area contributed by atoms with E-state index in [1.807, 2.05) is 13.0 Å². The smallest absolute Gasteiger partial charge is 0.282 e. The summed E-state index contributed by atoms with van der Waals surface area (Å²) in [5, 5.41) is 1.05. The van der Waals surface area contributed by atoms with Crippen LogP contribution in [0.25, 0.3) is 17.0 Å². The molecule has 0 spiro atoms. The molecule has 0 bridgehead atoms. The number of ketones is 2. The first-order valence-corrected chi connectivity index (χ1v) is 8.48. The van der Waals surface area contributed by atoms with Crippen LogP contribution in [0.5, 0.6) is 0 Å². The van der Waals surface area contributed by atoms with Gasteiger partial charge < -0.3 is 4.74 Å². The van der Waals surface area contributed by atoms with E-state index in [4.69, 9.17) is 4.74 Å². The lowest BCUT2D eigenvalue weighted by Crippen LogP contribution is -2.40. The van der Waals surface area contributed by atoms with Gasteiger partial charge in [-0.3, -0.25) is 14.5 Å². The topological polar surface area (TPSA) is 60.8 Å². The van der Waals surface area contributed by atoms with Crippen LogP contribution < -0.4 is 9.88 Å². The van der Waals surface area contributed by atoms with E-state index in [2.05, 4.69) is 28.1 Å². The molecular weight excluding hydrogens is 316 g/mol. The summed E-state index contributed by atoms with van der Waals surface area (Å²) in [6.07, 6.45) is 1.70. The van der Waals surface area contributed by atoms with Gasteiger partial charge in [-0.05, 0) is 45.0 Å². The molecule has 0 saturated carbocycles. The predicted molar refractivity (Wildman–Crippen MR) is 97.6 cm³/mol. The Kier molecular flexibility index (Phi) is 4.95. The van der Waals surface area contributed by atoms with Gasteiger partial charge in [-0.2, -0.15) is 0 Å². The normalized spacial score (nSPS) is 14.4. The summed E-state index contributed by atoms with van der Waals surface area (Å²) in [7, 11) is 0. The van der Waals surface area contributed by atoms with Gasteiger partial charge in [-0.15, -0.1) is 0 Å². The molecule has 1 aromatic heterocycles. The van der Waals surface area contributed by atoms with E-state index >= 15 is 0 Å². The Bertz CT molecular complexity index is 849. The Morgan fingerprint density at radius 1 is 1.12 bits per heavy atom. The number of anilines is 1. The van der Waals surface area contributed by atoms with Gasteiger partial charge in [0.2, 0.25) is 0 Å². The van der Waals surface area contributed by atoms with E-state index in [9.17, 15) is 9.59 Å². The van der Waals surface area contributed by atoms with Crippen molar-refractivity contribution in [1.82, 2.24) is 0 Å². The monoisotopic (exact) mass is 339 g/mol. The number of fused-ring (bicyclic) bond motifs is 1. The van der Waals surface area contributed by atoms with Crippen molar-refractivity contribution in [2.24, 2.45) is 0 Å². The van der Waals surface area contributed by atoms with Gasteiger partial charge in [0.15, 0.2) is 11.6 Å². The summed E-state index contributed by atoms with van der Waals surface area (Å²) < 4.78 is 5.44. The number of ether oxygens (including phenoxy) is 1. The first-order valence-electron chi connectivity index (χ1n) is 8.48. The van der Waals surface area contributed by atoms with E-state index in [0.29, 0.717) is 13.2 Å². The van der Waals surface area contributed by atoms with Crippen LogP contribution in [-0.2, 0) is 14.3 Å². The Labute approximate surface area is 147 Å². The van der Waals surface area contributed by atoms with Crippen LogP contribution >= 0.6 is 0 Å².